The van der Waals surface area contributed by atoms with Crippen molar-refractivity contribution in [3.8, 4) is 0 Å². The zero-order valence-corrected chi connectivity index (χ0v) is 14.6. The number of guanidine groups is 1. The Morgan fingerprint density at radius 1 is 1.27 bits per heavy atom. The molecule has 128 valence electrons. The minimum atomic E-state index is -0.137. The van der Waals surface area contributed by atoms with Crippen molar-refractivity contribution in [3.63, 3.8) is 0 Å². The normalized spacial score (nSPS) is 18.3. The van der Waals surface area contributed by atoms with Crippen molar-refractivity contribution < 1.29 is 4.79 Å². The predicted octanol–water partition coefficient (Wildman–Crippen LogP) is 0.927. The zero-order valence-electron chi connectivity index (χ0n) is 14.6. The Kier molecular flexibility index (Phi) is 7.65. The van der Waals surface area contributed by atoms with Gasteiger partial charge in [0.15, 0.2) is 5.96 Å². The van der Waals surface area contributed by atoms with Crippen molar-refractivity contribution in [2.24, 2.45) is 16.6 Å². The summed E-state index contributed by atoms with van der Waals surface area (Å²) in [6.07, 6.45) is 4.09. The molecule has 1 amide bonds. The Morgan fingerprint density at radius 3 is 2.41 bits per heavy atom. The van der Waals surface area contributed by atoms with Gasteiger partial charge in [-0.15, -0.1) is 0 Å². The minimum absolute atomic E-state index is 0.0204. The summed E-state index contributed by atoms with van der Waals surface area (Å²) in [5, 5.41) is 6.69. The first kappa shape index (κ1) is 18.7. The molecule has 1 fully saturated rings. The third kappa shape index (κ3) is 7.64. The van der Waals surface area contributed by atoms with E-state index in [9.17, 15) is 4.79 Å². The van der Waals surface area contributed by atoms with Crippen LogP contribution in [0, 0.1) is 5.92 Å². The summed E-state index contributed by atoms with van der Waals surface area (Å²) in [5.74, 6) is 0.807. The highest BCUT2D eigenvalue weighted by molar-refractivity contribution is 5.80. The maximum absolute atomic E-state index is 11.1. The van der Waals surface area contributed by atoms with E-state index in [1.165, 1.54) is 0 Å². The summed E-state index contributed by atoms with van der Waals surface area (Å²) in [7, 11) is 1.80. The molecule has 0 atom stereocenters. The molecule has 0 aromatic carbocycles. The number of piperidine rings is 1. The Balaban J connectivity index is 2.10. The van der Waals surface area contributed by atoms with Crippen LogP contribution >= 0.6 is 0 Å². The molecule has 4 N–H and O–H groups in total. The number of nitrogens with zero attached hydrogens (tertiary/aromatic N) is 2. The van der Waals surface area contributed by atoms with Crippen LogP contribution in [0.4, 0.5) is 0 Å². The molecule has 0 radical (unpaired) electrons. The van der Waals surface area contributed by atoms with Crippen LogP contribution in [0.1, 0.15) is 46.5 Å². The third-order valence-electron chi connectivity index (χ3n) is 3.90. The van der Waals surface area contributed by atoms with Crippen LogP contribution < -0.4 is 16.4 Å². The first-order chi connectivity index (χ1) is 10.3. The fraction of sp³-hybridized carbons (Fsp3) is 0.875. The fourth-order valence-electron chi connectivity index (χ4n) is 2.64. The lowest BCUT2D eigenvalue weighted by Gasteiger charge is -2.30. The summed E-state index contributed by atoms with van der Waals surface area (Å²) in [4.78, 5) is 17.8. The van der Waals surface area contributed by atoms with Crippen molar-refractivity contribution in [1.82, 2.24) is 15.5 Å². The standard InChI is InChI=1S/C16H33N5O/c1-16(2,3)20-15(18-4)19-9-5-6-10-21-11-7-13(8-12-21)14(17)22/h13H,5-12H2,1-4H3,(H2,17,22)(H2,18,19,20). The van der Waals surface area contributed by atoms with E-state index in [1.807, 2.05) is 0 Å². The van der Waals surface area contributed by atoms with Crippen LogP contribution in [0.2, 0.25) is 0 Å². The Morgan fingerprint density at radius 2 is 1.91 bits per heavy atom. The molecule has 0 aliphatic carbocycles. The number of hydrogen-bond acceptors (Lipinski definition) is 3. The van der Waals surface area contributed by atoms with Gasteiger partial charge in [0.25, 0.3) is 0 Å². The first-order valence-corrected chi connectivity index (χ1v) is 8.32. The highest BCUT2D eigenvalue weighted by Gasteiger charge is 2.22. The number of rotatable bonds is 6. The van der Waals surface area contributed by atoms with Gasteiger partial charge in [0.2, 0.25) is 5.91 Å². The second kappa shape index (κ2) is 8.98. The SMILES string of the molecule is CN=C(NCCCCN1CCC(C(N)=O)CC1)NC(C)(C)C. The molecule has 0 aromatic rings. The van der Waals surface area contributed by atoms with Gasteiger partial charge in [0.1, 0.15) is 0 Å². The Bertz CT molecular complexity index is 367. The molecule has 22 heavy (non-hydrogen) atoms. The number of amides is 1. The molecule has 1 aliphatic heterocycles. The topological polar surface area (TPSA) is 82.8 Å². The number of likely N-dealkylation sites (tertiary alicyclic amines) is 1. The number of primary amides is 1. The number of carbonyl (C=O) groups is 1. The molecule has 0 aromatic heterocycles. The molecular formula is C16H33N5O. The van der Waals surface area contributed by atoms with Crippen molar-refractivity contribution in [2.45, 2.75) is 52.0 Å². The van der Waals surface area contributed by atoms with Crippen molar-refractivity contribution >= 4 is 11.9 Å². The quantitative estimate of drug-likeness (QED) is 0.387. The number of hydrogen-bond donors (Lipinski definition) is 3. The summed E-state index contributed by atoms with van der Waals surface area (Å²) in [6, 6.07) is 0. The maximum Gasteiger partial charge on any atom is 0.220 e. The number of unbranched alkanes of at least 4 members (excludes halogenated alkanes) is 1. The van der Waals surface area contributed by atoms with Gasteiger partial charge >= 0.3 is 0 Å². The fourth-order valence-corrected chi connectivity index (χ4v) is 2.64. The summed E-state index contributed by atoms with van der Waals surface area (Å²) < 4.78 is 0. The van der Waals surface area contributed by atoms with Crippen LogP contribution in [0.5, 0.6) is 0 Å². The predicted molar refractivity (Wildman–Crippen MR) is 91.8 cm³/mol. The van der Waals surface area contributed by atoms with E-state index in [1.54, 1.807) is 7.05 Å². The largest absolute Gasteiger partial charge is 0.369 e. The van der Waals surface area contributed by atoms with E-state index >= 15 is 0 Å². The Labute approximate surface area is 134 Å². The summed E-state index contributed by atoms with van der Waals surface area (Å²) in [6.45, 7) is 10.4. The lowest BCUT2D eigenvalue weighted by Crippen LogP contribution is -2.47. The lowest BCUT2D eigenvalue weighted by molar-refractivity contribution is -0.123. The average Bonchev–Trinajstić information content (AvgIpc) is 2.45. The van der Waals surface area contributed by atoms with E-state index in [4.69, 9.17) is 5.73 Å². The molecule has 1 heterocycles. The molecule has 1 rings (SSSR count). The molecule has 0 saturated carbocycles. The van der Waals surface area contributed by atoms with Crippen LogP contribution in [0.15, 0.2) is 4.99 Å². The van der Waals surface area contributed by atoms with E-state index < -0.39 is 0 Å². The number of aliphatic imine (C=N–C) groups is 1. The first-order valence-electron chi connectivity index (χ1n) is 8.32. The second-order valence-corrected chi connectivity index (χ2v) is 7.10. The van der Waals surface area contributed by atoms with Gasteiger partial charge in [0, 0.05) is 25.0 Å². The van der Waals surface area contributed by atoms with Gasteiger partial charge < -0.3 is 21.3 Å². The van der Waals surface area contributed by atoms with E-state index in [2.05, 4.69) is 41.3 Å². The summed E-state index contributed by atoms with van der Waals surface area (Å²) in [5.41, 5.74) is 5.38. The molecular weight excluding hydrogens is 278 g/mol. The van der Waals surface area contributed by atoms with Gasteiger partial charge in [-0.1, -0.05) is 0 Å². The van der Waals surface area contributed by atoms with Gasteiger partial charge in [-0.3, -0.25) is 9.79 Å². The smallest absolute Gasteiger partial charge is 0.220 e. The molecule has 1 saturated heterocycles. The van der Waals surface area contributed by atoms with E-state index in [0.717, 1.165) is 57.8 Å². The summed E-state index contributed by atoms with van der Waals surface area (Å²) >= 11 is 0. The number of nitrogens with one attached hydrogen (secondary N) is 2. The Hall–Kier alpha value is -1.30. The van der Waals surface area contributed by atoms with Crippen LogP contribution in [-0.2, 0) is 4.79 Å². The average molecular weight is 311 g/mol. The monoisotopic (exact) mass is 311 g/mol. The third-order valence-corrected chi connectivity index (χ3v) is 3.90. The van der Waals surface area contributed by atoms with E-state index in [0.29, 0.717) is 0 Å². The molecule has 6 nitrogen and oxygen atoms in total. The van der Waals surface area contributed by atoms with Crippen LogP contribution in [-0.4, -0.2) is 55.5 Å². The van der Waals surface area contributed by atoms with Crippen LogP contribution in [0.3, 0.4) is 0 Å². The van der Waals surface area contributed by atoms with Crippen molar-refractivity contribution in [2.75, 3.05) is 33.2 Å². The maximum atomic E-state index is 11.1. The second-order valence-electron chi connectivity index (χ2n) is 7.10. The van der Waals surface area contributed by atoms with Gasteiger partial charge in [-0.05, 0) is 66.1 Å². The lowest BCUT2D eigenvalue weighted by atomic mass is 9.96. The van der Waals surface area contributed by atoms with Gasteiger partial charge in [-0.25, -0.2) is 0 Å². The van der Waals surface area contributed by atoms with Gasteiger partial charge in [0.05, 0.1) is 0 Å². The minimum Gasteiger partial charge on any atom is -0.369 e. The van der Waals surface area contributed by atoms with Gasteiger partial charge in [-0.2, -0.15) is 0 Å². The highest BCUT2D eigenvalue weighted by Crippen LogP contribution is 2.16. The van der Waals surface area contributed by atoms with Crippen LogP contribution in [0.25, 0.3) is 0 Å². The van der Waals surface area contributed by atoms with Crippen molar-refractivity contribution in [1.29, 1.82) is 0 Å². The molecule has 0 unspecified atom stereocenters. The molecule has 6 heteroatoms. The molecule has 0 bridgehead atoms. The number of carbonyl (C=O) groups excluding carboxylic acids is 1. The zero-order chi connectivity index (χ0) is 16.6. The molecule has 0 spiro atoms. The van der Waals surface area contributed by atoms with E-state index in [-0.39, 0.29) is 17.4 Å². The number of nitrogens with two attached hydrogens (primary N) is 1. The highest BCUT2D eigenvalue weighted by atomic mass is 16.1. The van der Waals surface area contributed by atoms with Crippen molar-refractivity contribution in [3.05, 3.63) is 0 Å². The molecule has 1 aliphatic rings.